The Morgan fingerprint density at radius 2 is 0.833 bits per heavy atom. The van der Waals surface area contributed by atoms with Gasteiger partial charge in [0.1, 0.15) is 22.6 Å². The summed E-state index contributed by atoms with van der Waals surface area (Å²) < 4.78 is 0. The smallest absolute Gasteiger partial charge is 0.164 e. The molecule has 0 radical (unpaired) electrons. The average molecular weight is 539 g/mol. The van der Waals surface area contributed by atoms with Crippen LogP contribution in [-0.2, 0) is 0 Å². The molecular weight excluding hydrogens is 520 g/mol. The van der Waals surface area contributed by atoms with E-state index in [1.807, 2.05) is 91.0 Å². The molecule has 8 bridgehead atoms. The Balaban J connectivity index is 1.53. The van der Waals surface area contributed by atoms with E-state index in [4.69, 9.17) is 36.3 Å². The van der Waals surface area contributed by atoms with Gasteiger partial charge in [0, 0.05) is 49.4 Å². The predicted octanol–water partition coefficient (Wildman–Crippen LogP) is 6.85. The van der Waals surface area contributed by atoms with Crippen molar-refractivity contribution in [3.05, 3.63) is 96.6 Å². The summed E-state index contributed by atoms with van der Waals surface area (Å²) in [5.74, 6) is 5.03. The van der Waals surface area contributed by atoms with Gasteiger partial charge in [0.15, 0.2) is 23.3 Å². The van der Waals surface area contributed by atoms with E-state index >= 15 is 0 Å². The van der Waals surface area contributed by atoms with Gasteiger partial charge in [-0.25, -0.2) is 29.9 Å². The summed E-state index contributed by atoms with van der Waals surface area (Å²) >= 11 is 0. The maximum absolute atomic E-state index is 5.95. The fraction of sp³-hybridized carbons (Fsp3) is 0. The molecule has 8 heteroatoms. The summed E-state index contributed by atoms with van der Waals surface area (Å²) in [6.07, 6.45) is 5.95. The lowest BCUT2D eigenvalue weighted by molar-refractivity contribution is 1.19. The van der Waals surface area contributed by atoms with Crippen molar-refractivity contribution in [3.63, 3.8) is 0 Å². The minimum atomic E-state index is 0.540. The van der Waals surface area contributed by atoms with Crippen LogP contribution in [0.5, 0.6) is 0 Å². The van der Waals surface area contributed by atoms with E-state index < -0.39 is 0 Å². The summed E-state index contributed by atoms with van der Waals surface area (Å²) in [5, 5.41) is 3.52. The number of aromatic nitrogens is 8. The van der Waals surface area contributed by atoms with E-state index in [1.54, 1.807) is 0 Å². The molecule has 0 unspecified atom stereocenters. The van der Waals surface area contributed by atoms with Crippen LogP contribution in [0.25, 0.3) is 89.7 Å². The third-order valence-electron chi connectivity index (χ3n) is 7.73. The molecule has 0 spiro atoms. The number of rotatable bonds is 0. The van der Waals surface area contributed by atoms with E-state index in [0.29, 0.717) is 51.4 Å². The predicted molar refractivity (Wildman–Crippen MR) is 164 cm³/mol. The Kier molecular flexibility index (Phi) is 4.52. The molecular formula is C34H18N8. The van der Waals surface area contributed by atoms with Gasteiger partial charge in [-0.1, -0.05) is 90.8 Å². The van der Waals surface area contributed by atoms with Crippen molar-refractivity contribution in [1.29, 1.82) is 0 Å². The largest absolute Gasteiger partial charge is 0.324 e. The second kappa shape index (κ2) is 8.40. The molecule has 42 heavy (non-hydrogen) atoms. The van der Waals surface area contributed by atoms with Crippen molar-refractivity contribution in [3.8, 4) is 57.9 Å². The molecule has 3 aromatic heterocycles. The van der Waals surface area contributed by atoms with Crippen molar-refractivity contribution in [2.24, 2.45) is 0 Å². The van der Waals surface area contributed by atoms with Crippen molar-refractivity contribution < 1.29 is 0 Å². The van der Waals surface area contributed by atoms with Gasteiger partial charge >= 0.3 is 0 Å². The van der Waals surface area contributed by atoms with Gasteiger partial charge in [-0.2, -0.15) is 0 Å². The molecule has 0 fully saturated rings. The first-order valence-corrected chi connectivity index (χ1v) is 13.4. The highest BCUT2D eigenvalue weighted by Gasteiger charge is 2.22. The third-order valence-corrected chi connectivity index (χ3v) is 7.73. The standard InChI is InChI=1S/C34H18N8/c1-2-18-10-9-17-25-26(18)34-41-32-24-16-8-7-15-23(24)30(39-32)37-28-20-12-4-3-11-19(20)27(35-28)36-29-21-13-5-6-14-22(21)31(38-29)40-33(25)42-34/h1,3-17H,(H2,35,36,37,38,39,40,41,42). The number of terminal acetylenes is 1. The van der Waals surface area contributed by atoms with Crippen molar-refractivity contribution in [2.45, 2.75) is 0 Å². The first-order chi connectivity index (χ1) is 20.7. The van der Waals surface area contributed by atoms with Gasteiger partial charge in [-0.3, -0.25) is 0 Å². The molecule has 2 aliphatic heterocycles. The molecule has 0 saturated heterocycles. The number of benzene rings is 4. The fourth-order valence-corrected chi connectivity index (χ4v) is 5.81. The molecule has 7 aromatic rings. The zero-order chi connectivity index (χ0) is 27.8. The maximum atomic E-state index is 5.95. The number of nitrogens with zero attached hydrogens (tertiary/aromatic N) is 6. The zero-order valence-electron chi connectivity index (χ0n) is 21.9. The highest BCUT2D eigenvalue weighted by Crippen LogP contribution is 2.37. The average Bonchev–Trinajstić information content (AvgIpc) is 3.76. The van der Waals surface area contributed by atoms with Crippen LogP contribution < -0.4 is 0 Å². The molecule has 194 valence electrons. The summed E-state index contributed by atoms with van der Waals surface area (Å²) in [7, 11) is 0. The molecule has 5 heterocycles. The molecule has 2 N–H and O–H groups in total. The minimum absolute atomic E-state index is 0.540. The molecule has 0 amide bonds. The van der Waals surface area contributed by atoms with E-state index in [0.717, 1.165) is 43.8 Å². The molecule has 0 aliphatic carbocycles. The second-order valence-electron chi connectivity index (χ2n) is 10.1. The number of fused-ring (bicyclic) bond motifs is 20. The van der Waals surface area contributed by atoms with E-state index in [2.05, 4.69) is 15.9 Å². The number of nitrogens with one attached hydrogen (secondary N) is 2. The molecule has 4 aromatic carbocycles. The summed E-state index contributed by atoms with van der Waals surface area (Å²) in [6.45, 7) is 0. The molecule has 8 nitrogen and oxygen atoms in total. The lowest BCUT2D eigenvalue weighted by atomic mass is 10.1. The van der Waals surface area contributed by atoms with Crippen LogP contribution >= 0.6 is 0 Å². The van der Waals surface area contributed by atoms with Crippen LogP contribution in [-0.4, -0.2) is 39.9 Å². The van der Waals surface area contributed by atoms with Crippen LogP contribution in [0.1, 0.15) is 5.56 Å². The number of H-pyrrole nitrogens is 2. The van der Waals surface area contributed by atoms with Crippen LogP contribution in [0.15, 0.2) is 91.0 Å². The van der Waals surface area contributed by atoms with Gasteiger partial charge in [0.25, 0.3) is 0 Å². The quantitative estimate of drug-likeness (QED) is 0.204. The topological polar surface area (TPSA) is 109 Å². The van der Waals surface area contributed by atoms with Gasteiger partial charge < -0.3 is 9.97 Å². The highest BCUT2D eigenvalue weighted by molar-refractivity contribution is 6.08. The first kappa shape index (κ1) is 22.6. The van der Waals surface area contributed by atoms with Crippen LogP contribution in [0.4, 0.5) is 0 Å². The van der Waals surface area contributed by atoms with E-state index in [9.17, 15) is 0 Å². The van der Waals surface area contributed by atoms with Gasteiger partial charge in [0.05, 0.1) is 0 Å². The number of hydrogen-bond acceptors (Lipinski definition) is 6. The monoisotopic (exact) mass is 538 g/mol. The molecule has 2 aliphatic rings. The summed E-state index contributed by atoms with van der Waals surface area (Å²) in [4.78, 5) is 36.8. The number of hydrogen-bond donors (Lipinski definition) is 2. The zero-order valence-corrected chi connectivity index (χ0v) is 21.9. The van der Waals surface area contributed by atoms with Gasteiger partial charge in [-0.15, -0.1) is 6.42 Å². The number of aromatic amines is 2. The lowest BCUT2D eigenvalue weighted by Crippen LogP contribution is -1.83. The summed E-state index contributed by atoms with van der Waals surface area (Å²) in [6, 6.07) is 29.8. The highest BCUT2D eigenvalue weighted by atomic mass is 15.1. The first-order valence-electron chi connectivity index (χ1n) is 13.4. The SMILES string of the molecule is C#Cc1cccc2c3nc4nc(nc5[nH]c(nc6nc(nc([nH]3)c12)-c1ccccc1-6)c1ccccc51)-c1ccccc1-4. The Bertz CT molecular complexity index is 2490. The van der Waals surface area contributed by atoms with Crippen LogP contribution in [0, 0.1) is 12.3 Å². The van der Waals surface area contributed by atoms with Crippen molar-refractivity contribution in [2.75, 3.05) is 0 Å². The molecule has 9 rings (SSSR count). The Morgan fingerprint density at radius 1 is 0.429 bits per heavy atom. The van der Waals surface area contributed by atoms with Crippen molar-refractivity contribution >= 4 is 44.1 Å². The fourth-order valence-electron chi connectivity index (χ4n) is 5.81. The molecule has 0 atom stereocenters. The summed E-state index contributed by atoms with van der Waals surface area (Å²) in [5.41, 5.74) is 6.79. The van der Waals surface area contributed by atoms with Gasteiger partial charge in [0.2, 0.25) is 0 Å². The van der Waals surface area contributed by atoms with E-state index in [1.165, 1.54) is 0 Å². The minimum Gasteiger partial charge on any atom is -0.324 e. The Morgan fingerprint density at radius 3 is 1.33 bits per heavy atom. The maximum Gasteiger partial charge on any atom is 0.164 e. The van der Waals surface area contributed by atoms with Crippen molar-refractivity contribution in [1.82, 2.24) is 39.9 Å². The second-order valence-corrected chi connectivity index (χ2v) is 10.1. The van der Waals surface area contributed by atoms with Gasteiger partial charge in [-0.05, 0) is 6.07 Å². The lowest BCUT2D eigenvalue weighted by Gasteiger charge is -1.97. The Labute approximate surface area is 238 Å². The van der Waals surface area contributed by atoms with Crippen LogP contribution in [0.3, 0.4) is 0 Å². The Hall–Kier alpha value is -6.20. The van der Waals surface area contributed by atoms with E-state index in [-0.39, 0.29) is 0 Å². The normalized spacial score (nSPS) is 11.8. The van der Waals surface area contributed by atoms with Crippen LogP contribution in [0.2, 0.25) is 0 Å². The molecule has 0 saturated carbocycles. The third kappa shape index (κ3) is 3.19.